The van der Waals surface area contributed by atoms with Crippen LogP contribution in [-0.2, 0) is 9.59 Å². The number of rotatable bonds is 17. The van der Waals surface area contributed by atoms with Gasteiger partial charge in [0.15, 0.2) is 0 Å². The Morgan fingerprint density at radius 1 is 0.667 bits per heavy atom. The van der Waals surface area contributed by atoms with Gasteiger partial charge in [0.2, 0.25) is 0 Å². The van der Waals surface area contributed by atoms with Gasteiger partial charge in [0.05, 0.1) is 0 Å². The fourth-order valence-corrected chi connectivity index (χ4v) is 3.24. The molecule has 0 saturated heterocycles. The summed E-state index contributed by atoms with van der Waals surface area (Å²) in [6.45, 7) is 4.34. The van der Waals surface area contributed by atoms with Crippen LogP contribution in [0.15, 0.2) is 18.2 Å². The highest BCUT2D eigenvalue weighted by Crippen LogP contribution is 2.24. The Bertz CT molecular complexity index is 590. The van der Waals surface area contributed by atoms with Crippen molar-refractivity contribution in [2.75, 3.05) is 0 Å². The second-order valence-corrected chi connectivity index (χ2v) is 7.84. The number of carbonyl (C=O) groups excluding carboxylic acids is 3. The lowest BCUT2D eigenvalue weighted by molar-refractivity contribution is -0.135. The summed E-state index contributed by atoms with van der Waals surface area (Å²) in [6.07, 6.45) is 14.4. The van der Waals surface area contributed by atoms with E-state index in [0.717, 1.165) is 38.5 Å². The minimum atomic E-state index is -0.335. The Kier molecular flexibility index (Phi) is 14.3. The molecule has 0 atom stereocenters. The van der Waals surface area contributed by atoms with Crippen LogP contribution < -0.4 is 9.47 Å². The first-order chi connectivity index (χ1) is 14.6. The number of benzene rings is 1. The number of unbranched alkanes of at least 4 members (excludes halogenated alkanes) is 10. The molecule has 0 aliphatic rings. The van der Waals surface area contributed by atoms with Crippen molar-refractivity contribution < 1.29 is 23.9 Å². The lowest BCUT2D eigenvalue weighted by Crippen LogP contribution is -2.10. The predicted octanol–water partition coefficient (Wildman–Crippen LogP) is 6.81. The summed E-state index contributed by atoms with van der Waals surface area (Å²) in [5, 5.41) is 0. The molecule has 0 heterocycles. The second-order valence-electron chi connectivity index (χ2n) is 7.84. The monoisotopic (exact) mass is 418 g/mol. The lowest BCUT2D eigenvalue weighted by atomic mass is 10.1. The number of hydrogen-bond donors (Lipinski definition) is 0. The van der Waals surface area contributed by atoms with E-state index in [0.29, 0.717) is 24.7 Å². The van der Waals surface area contributed by atoms with Crippen molar-refractivity contribution in [3.05, 3.63) is 23.8 Å². The summed E-state index contributed by atoms with van der Waals surface area (Å²) in [5.41, 5.74) is 0.308. The van der Waals surface area contributed by atoms with Crippen LogP contribution in [0.25, 0.3) is 0 Å². The summed E-state index contributed by atoms with van der Waals surface area (Å²) in [7, 11) is 0. The first-order valence-corrected chi connectivity index (χ1v) is 11.6. The topological polar surface area (TPSA) is 69.7 Å². The van der Waals surface area contributed by atoms with Gasteiger partial charge in [0, 0.05) is 24.5 Å². The van der Waals surface area contributed by atoms with Crippen LogP contribution in [0.4, 0.5) is 0 Å². The van der Waals surface area contributed by atoms with Crippen LogP contribution in [0, 0.1) is 0 Å². The molecule has 1 rings (SSSR count). The zero-order chi connectivity index (χ0) is 22.0. The third-order valence-corrected chi connectivity index (χ3v) is 4.97. The van der Waals surface area contributed by atoms with E-state index in [4.69, 9.17) is 9.47 Å². The molecule has 1 aromatic rings. The Hall–Kier alpha value is -2.17. The summed E-state index contributed by atoms with van der Waals surface area (Å²) in [6, 6.07) is 4.46. The molecule has 0 bridgehead atoms. The van der Waals surface area contributed by atoms with Gasteiger partial charge in [-0.05, 0) is 25.0 Å². The molecule has 30 heavy (non-hydrogen) atoms. The first kappa shape index (κ1) is 25.9. The maximum Gasteiger partial charge on any atom is 0.311 e. The molecule has 1 aromatic carbocycles. The molecule has 0 aromatic heterocycles. The van der Waals surface area contributed by atoms with Crippen molar-refractivity contribution in [3.8, 4) is 11.5 Å². The number of carbonyl (C=O) groups is 3. The fraction of sp³-hybridized carbons (Fsp3) is 0.640. The molecular weight excluding hydrogens is 380 g/mol. The average Bonchev–Trinajstić information content (AvgIpc) is 2.72. The van der Waals surface area contributed by atoms with Crippen molar-refractivity contribution >= 4 is 18.2 Å². The normalized spacial score (nSPS) is 10.6. The van der Waals surface area contributed by atoms with Crippen LogP contribution in [0.3, 0.4) is 0 Å². The van der Waals surface area contributed by atoms with Crippen LogP contribution >= 0.6 is 0 Å². The SMILES string of the molecule is CCCCCCCCC(=O)Oc1cc(C=O)cc(OC(=O)CCCCCCCC)c1. The minimum absolute atomic E-state index is 0.234. The maximum absolute atomic E-state index is 12.1. The van der Waals surface area contributed by atoms with Gasteiger partial charge in [-0.2, -0.15) is 0 Å². The molecule has 0 radical (unpaired) electrons. The van der Waals surface area contributed by atoms with Crippen molar-refractivity contribution in [1.82, 2.24) is 0 Å². The molecule has 0 unspecified atom stereocenters. The van der Waals surface area contributed by atoms with Gasteiger partial charge in [0.25, 0.3) is 0 Å². The number of esters is 2. The summed E-state index contributed by atoms with van der Waals surface area (Å²) < 4.78 is 10.7. The zero-order valence-corrected chi connectivity index (χ0v) is 18.8. The quantitative estimate of drug-likeness (QED) is 0.120. The molecule has 5 heteroatoms. The van der Waals surface area contributed by atoms with Crippen molar-refractivity contribution in [2.24, 2.45) is 0 Å². The average molecular weight is 419 g/mol. The summed E-state index contributed by atoms with van der Waals surface area (Å²) in [5.74, 6) is -0.202. The Morgan fingerprint density at radius 2 is 1.07 bits per heavy atom. The number of aldehydes is 1. The van der Waals surface area contributed by atoms with Gasteiger partial charge < -0.3 is 9.47 Å². The van der Waals surface area contributed by atoms with Gasteiger partial charge >= 0.3 is 11.9 Å². The van der Waals surface area contributed by atoms with E-state index in [-0.39, 0.29) is 23.4 Å². The zero-order valence-electron chi connectivity index (χ0n) is 18.8. The van der Waals surface area contributed by atoms with Gasteiger partial charge in [-0.3, -0.25) is 14.4 Å². The standard InChI is InChI=1S/C25H38O5/c1-3-5-7-9-11-13-15-24(27)29-22-17-21(20-26)18-23(19-22)30-25(28)16-14-12-10-8-6-4-2/h17-20H,3-16H2,1-2H3. The van der Waals surface area contributed by atoms with E-state index in [1.165, 1.54) is 56.7 Å². The molecular formula is C25H38O5. The summed E-state index contributed by atoms with van der Waals surface area (Å²) >= 11 is 0. The maximum atomic E-state index is 12.1. The van der Waals surface area contributed by atoms with Crippen LogP contribution in [-0.4, -0.2) is 18.2 Å². The fourth-order valence-electron chi connectivity index (χ4n) is 3.24. The first-order valence-electron chi connectivity index (χ1n) is 11.6. The van der Waals surface area contributed by atoms with Crippen molar-refractivity contribution in [3.63, 3.8) is 0 Å². The highest BCUT2D eigenvalue weighted by molar-refractivity contribution is 5.79. The molecule has 0 spiro atoms. The minimum Gasteiger partial charge on any atom is -0.426 e. The number of hydrogen-bond acceptors (Lipinski definition) is 5. The highest BCUT2D eigenvalue weighted by atomic mass is 16.5. The summed E-state index contributed by atoms with van der Waals surface area (Å²) in [4.78, 5) is 35.3. The lowest BCUT2D eigenvalue weighted by Gasteiger charge is -2.09. The third kappa shape index (κ3) is 12.4. The van der Waals surface area contributed by atoms with Crippen LogP contribution in [0.5, 0.6) is 11.5 Å². The second kappa shape index (κ2) is 16.6. The van der Waals surface area contributed by atoms with Crippen molar-refractivity contribution in [2.45, 2.75) is 104 Å². The molecule has 5 nitrogen and oxygen atoms in total. The molecule has 0 aliphatic carbocycles. The van der Waals surface area contributed by atoms with Gasteiger partial charge in [-0.15, -0.1) is 0 Å². The van der Waals surface area contributed by atoms with E-state index in [1.807, 2.05) is 0 Å². The van der Waals surface area contributed by atoms with Gasteiger partial charge in [-0.1, -0.05) is 78.1 Å². The Morgan fingerprint density at radius 3 is 1.47 bits per heavy atom. The van der Waals surface area contributed by atoms with E-state index < -0.39 is 0 Å². The molecule has 168 valence electrons. The van der Waals surface area contributed by atoms with E-state index in [2.05, 4.69) is 13.8 Å². The molecule has 0 aliphatic heterocycles. The Labute approximate surface area is 181 Å². The third-order valence-electron chi connectivity index (χ3n) is 4.97. The molecule has 0 amide bonds. The Balaban J connectivity index is 2.45. The van der Waals surface area contributed by atoms with E-state index in [9.17, 15) is 14.4 Å². The van der Waals surface area contributed by atoms with Gasteiger partial charge in [-0.25, -0.2) is 0 Å². The van der Waals surface area contributed by atoms with Gasteiger partial charge in [0.1, 0.15) is 17.8 Å². The van der Waals surface area contributed by atoms with Crippen LogP contribution in [0.1, 0.15) is 114 Å². The number of ether oxygens (including phenoxy) is 2. The largest absolute Gasteiger partial charge is 0.426 e. The molecule has 0 saturated carbocycles. The van der Waals surface area contributed by atoms with E-state index in [1.54, 1.807) is 0 Å². The molecule has 0 N–H and O–H groups in total. The highest BCUT2D eigenvalue weighted by Gasteiger charge is 2.11. The smallest absolute Gasteiger partial charge is 0.311 e. The van der Waals surface area contributed by atoms with Crippen molar-refractivity contribution in [1.29, 1.82) is 0 Å². The predicted molar refractivity (Wildman–Crippen MR) is 119 cm³/mol. The van der Waals surface area contributed by atoms with E-state index >= 15 is 0 Å². The molecule has 0 fully saturated rings. The van der Waals surface area contributed by atoms with Crippen LogP contribution in [0.2, 0.25) is 0 Å².